The van der Waals surface area contributed by atoms with Crippen LogP contribution in [0.5, 0.6) is 0 Å². The first-order valence-electron chi connectivity index (χ1n) is 15.8. The van der Waals surface area contributed by atoms with E-state index in [-0.39, 0.29) is 0 Å². The predicted octanol–water partition coefficient (Wildman–Crippen LogP) is 11.2. The van der Waals surface area contributed by atoms with Crippen LogP contribution in [0.15, 0.2) is 164 Å². The first-order valence-corrected chi connectivity index (χ1v) is 15.8. The van der Waals surface area contributed by atoms with Crippen molar-refractivity contribution >= 4 is 65.2 Å². The SMILES string of the molecule is c1ccc(-c2nc3c4c5ccccc5c5ccccc5c4c4c5ccccc5n(-c5ccccc5)c4c3n2-c2ccccc2)cc1. The second-order valence-electron chi connectivity index (χ2n) is 11.9. The number of hydrogen-bond acceptors (Lipinski definition) is 1. The molecule has 0 amide bonds. The van der Waals surface area contributed by atoms with Crippen molar-refractivity contribution in [3.63, 3.8) is 0 Å². The van der Waals surface area contributed by atoms with Crippen LogP contribution >= 0.6 is 0 Å². The number of aromatic nitrogens is 3. The zero-order valence-corrected chi connectivity index (χ0v) is 24.9. The van der Waals surface area contributed by atoms with E-state index in [1.807, 2.05) is 0 Å². The Morgan fingerprint density at radius 1 is 0.348 bits per heavy atom. The summed E-state index contributed by atoms with van der Waals surface area (Å²) in [5.74, 6) is 0.928. The maximum absolute atomic E-state index is 5.65. The highest BCUT2D eigenvalue weighted by molar-refractivity contribution is 6.42. The monoisotopic (exact) mass is 585 g/mol. The third-order valence-electron chi connectivity index (χ3n) is 9.46. The number of benzene rings is 8. The summed E-state index contributed by atoms with van der Waals surface area (Å²) in [7, 11) is 0. The zero-order chi connectivity index (χ0) is 30.2. The Hall–Kier alpha value is -6.19. The van der Waals surface area contributed by atoms with Crippen LogP contribution in [-0.4, -0.2) is 14.1 Å². The molecule has 0 aliphatic rings. The van der Waals surface area contributed by atoms with Crippen molar-refractivity contribution < 1.29 is 0 Å². The molecule has 8 aromatic carbocycles. The highest BCUT2D eigenvalue weighted by Crippen LogP contribution is 2.48. The molecule has 0 aliphatic carbocycles. The molecule has 0 bridgehead atoms. The summed E-state index contributed by atoms with van der Waals surface area (Å²) in [5, 5.41) is 9.89. The Morgan fingerprint density at radius 3 is 1.46 bits per heavy atom. The summed E-state index contributed by atoms with van der Waals surface area (Å²) in [6, 6.07) is 58.6. The molecule has 0 spiro atoms. The number of nitrogens with zero attached hydrogens (tertiary/aromatic N) is 3. The van der Waals surface area contributed by atoms with E-state index in [4.69, 9.17) is 4.98 Å². The van der Waals surface area contributed by atoms with Crippen LogP contribution < -0.4 is 0 Å². The highest BCUT2D eigenvalue weighted by atomic mass is 15.1. The van der Waals surface area contributed by atoms with Crippen LogP contribution in [0.2, 0.25) is 0 Å². The van der Waals surface area contributed by atoms with E-state index in [1.54, 1.807) is 0 Å². The third-order valence-corrected chi connectivity index (χ3v) is 9.46. The fourth-order valence-electron chi connectivity index (χ4n) is 7.63. The molecule has 0 aliphatic heterocycles. The Balaban J connectivity index is 1.61. The molecule has 2 aromatic heterocycles. The number of hydrogen-bond donors (Lipinski definition) is 0. The second kappa shape index (κ2) is 9.65. The van der Waals surface area contributed by atoms with Gasteiger partial charge in [-0.2, -0.15) is 0 Å². The number of rotatable bonds is 3. The van der Waals surface area contributed by atoms with Gasteiger partial charge in [0, 0.05) is 38.5 Å². The van der Waals surface area contributed by atoms with Crippen molar-refractivity contribution in [1.82, 2.24) is 14.1 Å². The minimum atomic E-state index is 0.928. The van der Waals surface area contributed by atoms with Crippen molar-refractivity contribution in [2.75, 3.05) is 0 Å². The van der Waals surface area contributed by atoms with Crippen LogP contribution in [0.4, 0.5) is 0 Å². The van der Waals surface area contributed by atoms with E-state index in [0.29, 0.717) is 0 Å². The standard InChI is InChI=1S/C43H27N3/c1-4-16-28(17-5-1)43-44-40-38-34-25-13-11-23-32(34)31-22-10-12-24-33(31)37(38)39-35-26-14-15-27-36(35)45(29-18-6-2-7-19-29)41(39)42(40)46(43)30-20-8-3-9-21-30/h1-27H. The average Bonchev–Trinajstić information content (AvgIpc) is 3.70. The lowest BCUT2D eigenvalue weighted by Crippen LogP contribution is -2.00. The lowest BCUT2D eigenvalue weighted by molar-refractivity contribution is 1.10. The van der Waals surface area contributed by atoms with Gasteiger partial charge in [0.15, 0.2) is 0 Å². The summed E-state index contributed by atoms with van der Waals surface area (Å²) in [6.07, 6.45) is 0. The Labute approximate surface area is 265 Å². The lowest BCUT2D eigenvalue weighted by Gasteiger charge is -2.16. The van der Waals surface area contributed by atoms with Crippen molar-refractivity contribution in [3.8, 4) is 22.8 Å². The molecule has 0 fully saturated rings. The van der Waals surface area contributed by atoms with E-state index >= 15 is 0 Å². The number of imidazole rings is 1. The third kappa shape index (κ3) is 3.40. The van der Waals surface area contributed by atoms with Gasteiger partial charge in [-0.1, -0.05) is 133 Å². The number of fused-ring (bicyclic) bond motifs is 13. The highest BCUT2D eigenvalue weighted by Gasteiger charge is 2.27. The molecule has 3 nitrogen and oxygen atoms in total. The molecule has 46 heavy (non-hydrogen) atoms. The summed E-state index contributed by atoms with van der Waals surface area (Å²) in [5.41, 5.74) is 7.74. The fraction of sp³-hybridized carbons (Fsp3) is 0. The number of para-hydroxylation sites is 3. The second-order valence-corrected chi connectivity index (χ2v) is 11.9. The van der Waals surface area contributed by atoms with Gasteiger partial charge in [0.1, 0.15) is 11.3 Å². The van der Waals surface area contributed by atoms with Crippen LogP contribution in [0, 0.1) is 0 Å². The minimum Gasteiger partial charge on any atom is -0.307 e. The van der Waals surface area contributed by atoms with Crippen molar-refractivity contribution in [3.05, 3.63) is 164 Å². The maximum Gasteiger partial charge on any atom is 0.145 e. The van der Waals surface area contributed by atoms with Gasteiger partial charge in [0.05, 0.1) is 16.6 Å². The van der Waals surface area contributed by atoms with Crippen LogP contribution in [0.25, 0.3) is 87.9 Å². The van der Waals surface area contributed by atoms with E-state index in [1.165, 1.54) is 48.6 Å². The molecule has 0 saturated carbocycles. The van der Waals surface area contributed by atoms with Crippen LogP contribution in [0.3, 0.4) is 0 Å². The molecule has 214 valence electrons. The van der Waals surface area contributed by atoms with Gasteiger partial charge < -0.3 is 4.57 Å². The Bertz CT molecular complexity index is 2770. The van der Waals surface area contributed by atoms with Gasteiger partial charge in [-0.15, -0.1) is 0 Å². The summed E-state index contributed by atoms with van der Waals surface area (Å²) < 4.78 is 4.83. The van der Waals surface area contributed by atoms with Crippen molar-refractivity contribution in [2.24, 2.45) is 0 Å². The topological polar surface area (TPSA) is 22.8 Å². The molecule has 10 aromatic rings. The molecular formula is C43H27N3. The molecule has 2 heterocycles. The first-order chi connectivity index (χ1) is 22.9. The molecule has 0 unspecified atom stereocenters. The van der Waals surface area contributed by atoms with Crippen LogP contribution in [0.1, 0.15) is 0 Å². The fourth-order valence-corrected chi connectivity index (χ4v) is 7.63. The Morgan fingerprint density at radius 2 is 0.826 bits per heavy atom. The lowest BCUT2D eigenvalue weighted by atomic mass is 9.91. The molecule has 0 saturated heterocycles. The predicted molar refractivity (Wildman–Crippen MR) is 193 cm³/mol. The van der Waals surface area contributed by atoms with Gasteiger partial charge in [-0.05, 0) is 51.9 Å². The first kappa shape index (κ1) is 25.2. The molecular weight excluding hydrogens is 558 g/mol. The van der Waals surface area contributed by atoms with Gasteiger partial charge in [-0.3, -0.25) is 4.57 Å². The van der Waals surface area contributed by atoms with Crippen LogP contribution in [-0.2, 0) is 0 Å². The maximum atomic E-state index is 5.65. The normalized spacial score (nSPS) is 11.9. The van der Waals surface area contributed by atoms with Gasteiger partial charge in [-0.25, -0.2) is 4.98 Å². The van der Waals surface area contributed by atoms with Crippen molar-refractivity contribution in [1.29, 1.82) is 0 Å². The molecule has 10 rings (SSSR count). The van der Waals surface area contributed by atoms with E-state index < -0.39 is 0 Å². The largest absolute Gasteiger partial charge is 0.307 e. The summed E-state index contributed by atoms with van der Waals surface area (Å²) >= 11 is 0. The van der Waals surface area contributed by atoms with E-state index in [2.05, 4.69) is 173 Å². The summed E-state index contributed by atoms with van der Waals surface area (Å²) in [6.45, 7) is 0. The zero-order valence-electron chi connectivity index (χ0n) is 24.9. The average molecular weight is 586 g/mol. The quantitative estimate of drug-likeness (QED) is 0.189. The summed E-state index contributed by atoms with van der Waals surface area (Å²) in [4.78, 5) is 5.65. The Kier molecular flexibility index (Phi) is 5.28. The van der Waals surface area contributed by atoms with Crippen molar-refractivity contribution in [2.45, 2.75) is 0 Å². The van der Waals surface area contributed by atoms with Gasteiger partial charge in [0.2, 0.25) is 0 Å². The molecule has 0 N–H and O–H groups in total. The van der Waals surface area contributed by atoms with Gasteiger partial charge >= 0.3 is 0 Å². The molecule has 3 heteroatoms. The molecule has 0 atom stereocenters. The van der Waals surface area contributed by atoms with E-state index in [0.717, 1.165) is 39.3 Å². The smallest absolute Gasteiger partial charge is 0.145 e. The van der Waals surface area contributed by atoms with E-state index in [9.17, 15) is 0 Å². The van der Waals surface area contributed by atoms with Gasteiger partial charge in [0.25, 0.3) is 0 Å². The minimum absolute atomic E-state index is 0.928. The molecule has 0 radical (unpaired) electrons.